The quantitative estimate of drug-likeness (QED) is 0.667. The number of hydrogen-bond acceptors (Lipinski definition) is 4. The molecule has 0 spiro atoms. The van der Waals surface area contributed by atoms with E-state index in [1.165, 1.54) is 12.1 Å². The first-order valence-corrected chi connectivity index (χ1v) is 6.29. The van der Waals surface area contributed by atoms with Crippen LogP contribution in [0.5, 0.6) is 5.75 Å². The summed E-state index contributed by atoms with van der Waals surface area (Å²) >= 11 is 0. The molecule has 108 valence electrons. The number of phenols is 1. The summed E-state index contributed by atoms with van der Waals surface area (Å²) in [6.45, 7) is 2.21. The summed E-state index contributed by atoms with van der Waals surface area (Å²) in [7, 11) is 0. The summed E-state index contributed by atoms with van der Waals surface area (Å²) in [4.78, 5) is 22.0. The van der Waals surface area contributed by atoms with Crippen molar-refractivity contribution < 1.29 is 14.8 Å². The van der Waals surface area contributed by atoms with Crippen LogP contribution in [0.3, 0.4) is 0 Å². The van der Waals surface area contributed by atoms with Gasteiger partial charge in [-0.05, 0) is 24.1 Å². The zero-order valence-electron chi connectivity index (χ0n) is 11.4. The fourth-order valence-electron chi connectivity index (χ4n) is 1.94. The monoisotopic (exact) mass is 286 g/mol. The van der Waals surface area contributed by atoms with Gasteiger partial charge in [0.15, 0.2) is 0 Å². The summed E-state index contributed by atoms with van der Waals surface area (Å²) < 4.78 is 0. The van der Waals surface area contributed by atoms with Crippen molar-refractivity contribution in [2.45, 2.75) is 13.5 Å². The Morgan fingerprint density at radius 3 is 2.62 bits per heavy atom. The fraction of sp³-hybridized carbons (Fsp3) is 0.133. The number of phenolic OH excluding ortho intramolecular Hbond substituents is 1. The van der Waals surface area contributed by atoms with Gasteiger partial charge in [-0.3, -0.25) is 14.9 Å². The minimum Gasteiger partial charge on any atom is -0.502 e. The number of amides is 1. The molecule has 0 aliphatic carbocycles. The lowest BCUT2D eigenvalue weighted by atomic mass is 10.1. The molecule has 0 saturated carbocycles. The third-order valence-electron chi connectivity index (χ3n) is 3.16. The second kappa shape index (κ2) is 6.04. The molecule has 2 aromatic carbocycles. The summed E-state index contributed by atoms with van der Waals surface area (Å²) in [6, 6.07) is 11.4. The molecule has 0 aliphatic heterocycles. The SMILES string of the molecule is Cc1ccccc1CNC(=O)c1cccc([N+](=O)[O-])c1O. The number of aryl methyl sites for hydroxylation is 1. The lowest BCUT2D eigenvalue weighted by Crippen LogP contribution is -2.23. The number of carbonyl (C=O) groups excluding carboxylic acids is 1. The molecule has 6 nitrogen and oxygen atoms in total. The van der Waals surface area contributed by atoms with E-state index in [1.54, 1.807) is 0 Å². The molecule has 0 unspecified atom stereocenters. The van der Waals surface area contributed by atoms with Gasteiger partial charge in [-0.25, -0.2) is 0 Å². The van der Waals surface area contributed by atoms with Crippen molar-refractivity contribution >= 4 is 11.6 Å². The average Bonchev–Trinajstić information content (AvgIpc) is 2.46. The third-order valence-corrected chi connectivity index (χ3v) is 3.16. The molecule has 1 amide bonds. The molecule has 0 saturated heterocycles. The number of nitrogens with one attached hydrogen (secondary N) is 1. The topological polar surface area (TPSA) is 92.5 Å². The first kappa shape index (κ1) is 14.5. The zero-order valence-corrected chi connectivity index (χ0v) is 11.4. The number of nitro groups is 1. The Morgan fingerprint density at radius 1 is 1.24 bits per heavy atom. The van der Waals surface area contributed by atoms with Crippen molar-refractivity contribution in [3.8, 4) is 5.75 Å². The first-order chi connectivity index (χ1) is 10.0. The van der Waals surface area contributed by atoms with Crippen LogP contribution in [0, 0.1) is 17.0 Å². The predicted molar refractivity (Wildman–Crippen MR) is 77.1 cm³/mol. The largest absolute Gasteiger partial charge is 0.502 e. The van der Waals surface area contributed by atoms with Crippen molar-refractivity contribution in [2.24, 2.45) is 0 Å². The second-order valence-corrected chi connectivity index (χ2v) is 4.54. The Kier molecular flexibility index (Phi) is 4.18. The highest BCUT2D eigenvalue weighted by Crippen LogP contribution is 2.29. The van der Waals surface area contributed by atoms with Gasteiger partial charge in [-0.2, -0.15) is 0 Å². The molecule has 6 heteroatoms. The first-order valence-electron chi connectivity index (χ1n) is 6.29. The van der Waals surface area contributed by atoms with Gasteiger partial charge in [0.05, 0.1) is 10.5 Å². The lowest BCUT2D eigenvalue weighted by molar-refractivity contribution is -0.385. The van der Waals surface area contributed by atoms with E-state index in [1.807, 2.05) is 31.2 Å². The highest BCUT2D eigenvalue weighted by Gasteiger charge is 2.20. The zero-order chi connectivity index (χ0) is 15.4. The van der Waals surface area contributed by atoms with Crippen molar-refractivity contribution in [3.05, 3.63) is 69.3 Å². The van der Waals surface area contributed by atoms with E-state index in [0.717, 1.165) is 17.2 Å². The smallest absolute Gasteiger partial charge is 0.311 e. The van der Waals surface area contributed by atoms with Gasteiger partial charge < -0.3 is 10.4 Å². The van der Waals surface area contributed by atoms with Gasteiger partial charge in [0.25, 0.3) is 5.91 Å². The Hall–Kier alpha value is -2.89. The number of nitro benzene ring substituents is 1. The Morgan fingerprint density at radius 2 is 1.95 bits per heavy atom. The second-order valence-electron chi connectivity index (χ2n) is 4.54. The summed E-state index contributed by atoms with van der Waals surface area (Å²) in [6.07, 6.45) is 0. The van der Waals surface area contributed by atoms with Crippen molar-refractivity contribution in [2.75, 3.05) is 0 Å². The standard InChI is InChI=1S/C15H14N2O4/c1-10-5-2-3-6-11(10)9-16-15(19)12-7-4-8-13(14(12)18)17(20)21/h2-8,18H,9H2,1H3,(H,16,19). The van der Waals surface area contributed by atoms with E-state index in [4.69, 9.17) is 0 Å². The number of rotatable bonds is 4. The molecule has 0 aromatic heterocycles. The highest BCUT2D eigenvalue weighted by atomic mass is 16.6. The van der Waals surface area contributed by atoms with Crippen molar-refractivity contribution in [1.29, 1.82) is 0 Å². The normalized spacial score (nSPS) is 10.1. The molecule has 21 heavy (non-hydrogen) atoms. The summed E-state index contributed by atoms with van der Waals surface area (Å²) in [5, 5.41) is 23.2. The molecule has 2 rings (SSSR count). The van der Waals surface area contributed by atoms with Crippen LogP contribution in [0.1, 0.15) is 21.5 Å². The Balaban J connectivity index is 2.16. The summed E-state index contributed by atoms with van der Waals surface area (Å²) in [5.74, 6) is -1.18. The van der Waals surface area contributed by atoms with Gasteiger partial charge in [0.2, 0.25) is 5.75 Å². The molecule has 0 radical (unpaired) electrons. The number of hydrogen-bond donors (Lipinski definition) is 2. The molecule has 0 fully saturated rings. The van der Waals surface area contributed by atoms with Crippen LogP contribution in [-0.2, 0) is 6.54 Å². The molecule has 2 aromatic rings. The van der Waals surface area contributed by atoms with E-state index in [2.05, 4.69) is 5.32 Å². The third kappa shape index (κ3) is 3.17. The number of benzene rings is 2. The predicted octanol–water partition coefficient (Wildman–Crippen LogP) is 2.54. The number of aromatic hydroxyl groups is 1. The molecular formula is C15H14N2O4. The fourth-order valence-corrected chi connectivity index (χ4v) is 1.94. The average molecular weight is 286 g/mol. The van der Waals surface area contributed by atoms with Crippen LogP contribution in [0.2, 0.25) is 0 Å². The van der Waals surface area contributed by atoms with E-state index in [0.29, 0.717) is 0 Å². The number of carbonyl (C=O) groups is 1. The maximum absolute atomic E-state index is 12.0. The Labute approximate surface area is 121 Å². The Bertz CT molecular complexity index is 698. The molecule has 0 aliphatic rings. The van der Waals surface area contributed by atoms with E-state index < -0.39 is 22.3 Å². The maximum atomic E-state index is 12.0. The van der Waals surface area contributed by atoms with Crippen LogP contribution in [0.15, 0.2) is 42.5 Å². The lowest BCUT2D eigenvalue weighted by Gasteiger charge is -2.09. The number of para-hydroxylation sites is 1. The van der Waals surface area contributed by atoms with E-state index in [-0.39, 0.29) is 12.1 Å². The van der Waals surface area contributed by atoms with Crippen LogP contribution in [0.4, 0.5) is 5.69 Å². The van der Waals surface area contributed by atoms with E-state index in [9.17, 15) is 20.0 Å². The van der Waals surface area contributed by atoms with Gasteiger partial charge in [-0.15, -0.1) is 0 Å². The molecule has 0 bridgehead atoms. The van der Waals surface area contributed by atoms with Crippen LogP contribution in [0.25, 0.3) is 0 Å². The number of nitrogens with zero attached hydrogens (tertiary/aromatic N) is 1. The molecule has 0 atom stereocenters. The van der Waals surface area contributed by atoms with E-state index >= 15 is 0 Å². The maximum Gasteiger partial charge on any atom is 0.311 e. The van der Waals surface area contributed by atoms with Gasteiger partial charge >= 0.3 is 5.69 Å². The molecule has 0 heterocycles. The van der Waals surface area contributed by atoms with Crippen molar-refractivity contribution in [1.82, 2.24) is 5.32 Å². The minimum absolute atomic E-state index is 0.113. The minimum atomic E-state index is -0.729. The van der Waals surface area contributed by atoms with Crippen LogP contribution in [-0.4, -0.2) is 15.9 Å². The summed E-state index contributed by atoms with van der Waals surface area (Å²) in [5.41, 5.74) is 1.37. The molecular weight excluding hydrogens is 272 g/mol. The highest BCUT2D eigenvalue weighted by molar-refractivity contribution is 5.98. The van der Waals surface area contributed by atoms with Gasteiger partial charge in [0.1, 0.15) is 0 Å². The van der Waals surface area contributed by atoms with Crippen molar-refractivity contribution in [3.63, 3.8) is 0 Å². The van der Waals surface area contributed by atoms with Crippen LogP contribution < -0.4 is 5.32 Å². The molecule has 2 N–H and O–H groups in total. The van der Waals surface area contributed by atoms with Crippen LogP contribution >= 0.6 is 0 Å². The van der Waals surface area contributed by atoms with Gasteiger partial charge in [-0.1, -0.05) is 30.3 Å². The van der Waals surface area contributed by atoms with Gasteiger partial charge in [0, 0.05) is 12.6 Å².